The van der Waals surface area contributed by atoms with Crippen LogP contribution in [-0.4, -0.2) is 58.8 Å². The highest BCUT2D eigenvalue weighted by molar-refractivity contribution is 5.79. The lowest BCUT2D eigenvalue weighted by Gasteiger charge is -2.24. The van der Waals surface area contributed by atoms with E-state index < -0.39 is 0 Å². The Kier molecular flexibility index (Phi) is 6.81. The average Bonchev–Trinajstić information content (AvgIpc) is 3.57. The smallest absolute Gasteiger partial charge is 0.216 e. The first-order valence-corrected chi connectivity index (χ1v) is 10.6. The van der Waals surface area contributed by atoms with Crippen molar-refractivity contribution in [3.63, 3.8) is 0 Å². The number of likely N-dealkylation sites (tertiary alicyclic amines) is 1. The lowest BCUT2D eigenvalue weighted by atomic mass is 10.2. The molecule has 0 radical (unpaired) electrons. The number of nitrogens with one attached hydrogen (secondary N) is 3. The summed E-state index contributed by atoms with van der Waals surface area (Å²) in [6.07, 6.45) is 6.52. The molecule has 1 unspecified atom stereocenters. The number of aromatic amines is 1. The van der Waals surface area contributed by atoms with Crippen LogP contribution in [0.1, 0.15) is 37.4 Å². The van der Waals surface area contributed by atoms with Crippen LogP contribution in [0, 0.1) is 0 Å². The molecule has 4 heterocycles. The molecule has 1 fully saturated rings. The molecule has 0 aliphatic carbocycles. The largest absolute Gasteiger partial charge is 0.468 e. The number of nitrogens with zero attached hydrogens (tertiary/aromatic N) is 4. The van der Waals surface area contributed by atoms with Gasteiger partial charge < -0.3 is 19.5 Å². The van der Waals surface area contributed by atoms with E-state index in [4.69, 9.17) is 13.8 Å². The predicted molar refractivity (Wildman–Crippen MR) is 114 cm³/mol. The topological polar surface area (TPSA) is 108 Å². The Morgan fingerprint density at radius 2 is 2.03 bits per heavy atom. The van der Waals surface area contributed by atoms with Crippen molar-refractivity contribution in [1.29, 1.82) is 0 Å². The molecule has 0 amide bonds. The zero-order valence-electron chi connectivity index (χ0n) is 17.3. The predicted octanol–water partition coefficient (Wildman–Crippen LogP) is 2.59. The van der Waals surface area contributed by atoms with E-state index in [1.165, 1.54) is 12.8 Å². The van der Waals surface area contributed by atoms with E-state index in [1.54, 1.807) is 12.5 Å². The zero-order valence-corrected chi connectivity index (χ0v) is 17.3. The summed E-state index contributed by atoms with van der Waals surface area (Å²) in [5.41, 5.74) is 0. The number of guanidine groups is 1. The Bertz CT molecular complexity index is 896. The average molecular weight is 412 g/mol. The van der Waals surface area contributed by atoms with E-state index in [9.17, 15) is 0 Å². The maximum Gasteiger partial charge on any atom is 0.216 e. The number of H-pyrrole nitrogens is 1. The van der Waals surface area contributed by atoms with Crippen molar-refractivity contribution in [3.8, 4) is 11.6 Å². The maximum atomic E-state index is 5.69. The summed E-state index contributed by atoms with van der Waals surface area (Å²) in [5, 5.41) is 13.9. The zero-order chi connectivity index (χ0) is 20.6. The first-order valence-electron chi connectivity index (χ1n) is 10.6. The summed E-state index contributed by atoms with van der Waals surface area (Å²) in [7, 11) is 0. The Hall–Kier alpha value is -3.07. The van der Waals surface area contributed by atoms with E-state index in [-0.39, 0.29) is 6.04 Å². The minimum Gasteiger partial charge on any atom is -0.468 e. The van der Waals surface area contributed by atoms with Crippen molar-refractivity contribution >= 4 is 5.96 Å². The summed E-state index contributed by atoms with van der Waals surface area (Å²) in [5.74, 6) is 3.80. The van der Waals surface area contributed by atoms with Crippen LogP contribution in [0.3, 0.4) is 0 Å². The van der Waals surface area contributed by atoms with E-state index in [1.807, 2.05) is 24.3 Å². The van der Waals surface area contributed by atoms with Gasteiger partial charge in [0.05, 0.1) is 25.1 Å². The van der Waals surface area contributed by atoms with E-state index in [2.05, 4.69) is 37.6 Å². The van der Waals surface area contributed by atoms with E-state index in [0.29, 0.717) is 31.1 Å². The number of aromatic nitrogens is 3. The fourth-order valence-electron chi connectivity index (χ4n) is 3.66. The molecule has 3 aromatic heterocycles. The van der Waals surface area contributed by atoms with Crippen LogP contribution in [0.5, 0.6) is 0 Å². The van der Waals surface area contributed by atoms with Crippen LogP contribution in [0.25, 0.3) is 11.6 Å². The lowest BCUT2D eigenvalue weighted by Crippen LogP contribution is -2.39. The maximum absolute atomic E-state index is 5.69. The van der Waals surface area contributed by atoms with Crippen LogP contribution in [0.4, 0.5) is 0 Å². The standard InChI is InChI=1S/C21H29N7O2/c1-2-22-21(23-10-9-19-25-20(27-26-19)18-8-6-14-30-18)24-15-16(17-7-5-13-29-17)28-11-3-4-12-28/h5-8,13-14,16H,2-4,9-12,15H2,1H3,(H2,22,23,24)(H,25,26,27). The molecule has 30 heavy (non-hydrogen) atoms. The molecule has 4 rings (SSSR count). The summed E-state index contributed by atoms with van der Waals surface area (Å²) < 4.78 is 11.0. The number of rotatable bonds is 9. The van der Waals surface area contributed by atoms with Crippen LogP contribution < -0.4 is 10.6 Å². The van der Waals surface area contributed by atoms with Gasteiger partial charge in [-0.3, -0.25) is 15.0 Å². The summed E-state index contributed by atoms with van der Waals surface area (Å²) in [4.78, 5) is 11.8. The van der Waals surface area contributed by atoms with Gasteiger partial charge in [0, 0.05) is 19.5 Å². The fourth-order valence-corrected chi connectivity index (χ4v) is 3.66. The molecule has 3 N–H and O–H groups in total. The Labute approximate surface area is 176 Å². The van der Waals surface area contributed by atoms with Gasteiger partial charge in [0.25, 0.3) is 0 Å². The lowest BCUT2D eigenvalue weighted by molar-refractivity contribution is 0.221. The quantitative estimate of drug-likeness (QED) is 0.367. The molecular formula is C21H29N7O2. The second-order valence-electron chi connectivity index (χ2n) is 7.25. The third-order valence-electron chi connectivity index (χ3n) is 5.15. The first-order chi connectivity index (χ1) is 14.8. The van der Waals surface area contributed by atoms with Crippen molar-refractivity contribution in [2.24, 2.45) is 4.99 Å². The molecule has 0 spiro atoms. The van der Waals surface area contributed by atoms with Gasteiger partial charge >= 0.3 is 0 Å². The second kappa shape index (κ2) is 10.1. The van der Waals surface area contributed by atoms with Crippen molar-refractivity contribution in [2.75, 3.05) is 32.7 Å². The van der Waals surface area contributed by atoms with Crippen molar-refractivity contribution in [3.05, 3.63) is 48.4 Å². The highest BCUT2D eigenvalue weighted by atomic mass is 16.3. The van der Waals surface area contributed by atoms with Gasteiger partial charge in [-0.05, 0) is 57.1 Å². The number of hydrogen-bond donors (Lipinski definition) is 3. The molecule has 1 aliphatic rings. The molecule has 1 aliphatic heterocycles. The SMILES string of the molecule is CCNC(=NCC(c1ccco1)N1CCCC1)NCCc1nc(-c2ccco2)n[nH]1. The molecule has 0 saturated carbocycles. The Balaban J connectivity index is 1.34. The molecule has 1 saturated heterocycles. The molecule has 0 aromatic carbocycles. The first kappa shape index (κ1) is 20.2. The minimum absolute atomic E-state index is 0.170. The number of furan rings is 2. The monoisotopic (exact) mass is 411 g/mol. The van der Waals surface area contributed by atoms with Gasteiger partial charge in [0.2, 0.25) is 5.82 Å². The Morgan fingerprint density at radius 1 is 1.20 bits per heavy atom. The normalized spacial score (nSPS) is 16.1. The van der Waals surface area contributed by atoms with Crippen LogP contribution in [-0.2, 0) is 6.42 Å². The van der Waals surface area contributed by atoms with Crippen LogP contribution in [0.2, 0.25) is 0 Å². The molecule has 9 nitrogen and oxygen atoms in total. The van der Waals surface area contributed by atoms with Gasteiger partial charge in [-0.15, -0.1) is 0 Å². The van der Waals surface area contributed by atoms with Gasteiger partial charge in [-0.1, -0.05) is 0 Å². The van der Waals surface area contributed by atoms with Gasteiger partial charge in [-0.25, -0.2) is 4.98 Å². The van der Waals surface area contributed by atoms with E-state index in [0.717, 1.165) is 37.2 Å². The fraction of sp³-hybridized carbons (Fsp3) is 0.476. The van der Waals surface area contributed by atoms with E-state index >= 15 is 0 Å². The summed E-state index contributed by atoms with van der Waals surface area (Å²) in [6.45, 7) is 6.38. The molecule has 1 atom stereocenters. The van der Waals surface area contributed by atoms with Gasteiger partial charge in [-0.2, -0.15) is 5.10 Å². The molecule has 160 valence electrons. The highest BCUT2D eigenvalue weighted by Crippen LogP contribution is 2.25. The minimum atomic E-state index is 0.170. The third-order valence-corrected chi connectivity index (χ3v) is 5.15. The second-order valence-corrected chi connectivity index (χ2v) is 7.25. The van der Waals surface area contributed by atoms with Crippen molar-refractivity contribution in [2.45, 2.75) is 32.2 Å². The van der Waals surface area contributed by atoms with Crippen LogP contribution in [0.15, 0.2) is 50.6 Å². The van der Waals surface area contributed by atoms with Gasteiger partial charge in [0.1, 0.15) is 11.6 Å². The highest BCUT2D eigenvalue weighted by Gasteiger charge is 2.25. The molecule has 9 heteroatoms. The number of hydrogen-bond acceptors (Lipinski definition) is 6. The third kappa shape index (κ3) is 5.10. The molecular weight excluding hydrogens is 382 g/mol. The molecule has 3 aromatic rings. The summed E-state index contributed by atoms with van der Waals surface area (Å²) >= 11 is 0. The van der Waals surface area contributed by atoms with Crippen LogP contribution >= 0.6 is 0 Å². The Morgan fingerprint density at radius 3 is 2.77 bits per heavy atom. The number of aliphatic imine (C=N–C) groups is 1. The van der Waals surface area contributed by atoms with Crippen molar-refractivity contribution in [1.82, 2.24) is 30.7 Å². The van der Waals surface area contributed by atoms with Gasteiger partial charge in [0.15, 0.2) is 11.7 Å². The summed E-state index contributed by atoms with van der Waals surface area (Å²) in [6, 6.07) is 7.82. The molecule has 0 bridgehead atoms. The van der Waals surface area contributed by atoms with Crippen molar-refractivity contribution < 1.29 is 8.83 Å².